The number of nitrogens with one attached hydrogen (secondary N) is 2. The first-order valence-corrected chi connectivity index (χ1v) is 7.55. The minimum Gasteiger partial charge on any atom is -0.357 e. The highest BCUT2D eigenvalue weighted by Gasteiger charge is 2.17. The van der Waals surface area contributed by atoms with E-state index in [0.29, 0.717) is 23.9 Å². The van der Waals surface area contributed by atoms with Crippen molar-refractivity contribution in [2.75, 3.05) is 35.7 Å². The standard InChI is InChI=1S/C14H26N6/c1-10(2)11(3)16-13-17-12(15-4)18-14(19-13)20-8-6-5-7-9-20/h10-11H,5-9H2,1-4H3,(H2,15,16,17,18,19). The van der Waals surface area contributed by atoms with Gasteiger partial charge in [0.15, 0.2) is 0 Å². The molecule has 0 saturated carbocycles. The van der Waals surface area contributed by atoms with Crippen LogP contribution in [0.25, 0.3) is 0 Å². The fourth-order valence-corrected chi connectivity index (χ4v) is 2.15. The molecule has 1 aromatic rings. The van der Waals surface area contributed by atoms with Crippen LogP contribution in [0.15, 0.2) is 0 Å². The van der Waals surface area contributed by atoms with Crippen LogP contribution in [0.2, 0.25) is 0 Å². The van der Waals surface area contributed by atoms with Crippen molar-refractivity contribution in [2.45, 2.75) is 46.1 Å². The quantitative estimate of drug-likeness (QED) is 0.862. The van der Waals surface area contributed by atoms with E-state index in [9.17, 15) is 0 Å². The molecule has 6 nitrogen and oxygen atoms in total. The summed E-state index contributed by atoms with van der Waals surface area (Å²) in [4.78, 5) is 15.7. The summed E-state index contributed by atoms with van der Waals surface area (Å²) in [6, 6.07) is 0.330. The van der Waals surface area contributed by atoms with Gasteiger partial charge in [0.25, 0.3) is 0 Å². The topological polar surface area (TPSA) is 66.0 Å². The molecule has 2 N–H and O–H groups in total. The molecule has 0 spiro atoms. The van der Waals surface area contributed by atoms with E-state index in [1.807, 2.05) is 7.05 Å². The monoisotopic (exact) mass is 278 g/mol. The van der Waals surface area contributed by atoms with Crippen molar-refractivity contribution in [3.63, 3.8) is 0 Å². The van der Waals surface area contributed by atoms with E-state index in [-0.39, 0.29) is 0 Å². The highest BCUT2D eigenvalue weighted by molar-refractivity contribution is 5.44. The lowest BCUT2D eigenvalue weighted by atomic mass is 10.1. The zero-order valence-electron chi connectivity index (χ0n) is 13.0. The number of nitrogens with zero attached hydrogens (tertiary/aromatic N) is 4. The molecule has 1 aliphatic rings. The Hall–Kier alpha value is -1.59. The van der Waals surface area contributed by atoms with Crippen molar-refractivity contribution in [3.8, 4) is 0 Å². The zero-order chi connectivity index (χ0) is 14.5. The molecule has 0 amide bonds. The second-order valence-corrected chi connectivity index (χ2v) is 5.76. The fraction of sp³-hybridized carbons (Fsp3) is 0.786. The van der Waals surface area contributed by atoms with Crippen LogP contribution in [-0.2, 0) is 0 Å². The van der Waals surface area contributed by atoms with Gasteiger partial charge < -0.3 is 15.5 Å². The number of rotatable bonds is 5. The van der Waals surface area contributed by atoms with Crippen LogP contribution in [0.1, 0.15) is 40.0 Å². The van der Waals surface area contributed by atoms with Crippen molar-refractivity contribution in [2.24, 2.45) is 5.92 Å². The molecule has 112 valence electrons. The van der Waals surface area contributed by atoms with Gasteiger partial charge in [-0.15, -0.1) is 0 Å². The molecule has 2 rings (SSSR count). The largest absolute Gasteiger partial charge is 0.357 e. The van der Waals surface area contributed by atoms with Gasteiger partial charge in [0.1, 0.15) is 0 Å². The third kappa shape index (κ3) is 3.71. The van der Waals surface area contributed by atoms with Gasteiger partial charge in [-0.2, -0.15) is 15.0 Å². The van der Waals surface area contributed by atoms with Crippen molar-refractivity contribution >= 4 is 17.8 Å². The van der Waals surface area contributed by atoms with Gasteiger partial charge >= 0.3 is 0 Å². The summed E-state index contributed by atoms with van der Waals surface area (Å²) in [5.74, 6) is 2.59. The number of anilines is 3. The Morgan fingerprint density at radius 1 is 0.950 bits per heavy atom. The maximum Gasteiger partial charge on any atom is 0.231 e. The molecule has 6 heteroatoms. The molecule has 2 heterocycles. The van der Waals surface area contributed by atoms with E-state index in [2.05, 4.69) is 51.3 Å². The van der Waals surface area contributed by atoms with Crippen LogP contribution in [-0.4, -0.2) is 41.1 Å². The molecule has 1 atom stereocenters. The van der Waals surface area contributed by atoms with Crippen LogP contribution in [0, 0.1) is 5.92 Å². The molecular weight excluding hydrogens is 252 g/mol. The molecule has 1 saturated heterocycles. The summed E-state index contributed by atoms with van der Waals surface area (Å²) in [5.41, 5.74) is 0. The maximum absolute atomic E-state index is 4.58. The van der Waals surface area contributed by atoms with E-state index in [4.69, 9.17) is 0 Å². The molecule has 1 fully saturated rings. The highest BCUT2D eigenvalue weighted by atomic mass is 15.3. The molecule has 1 unspecified atom stereocenters. The lowest BCUT2D eigenvalue weighted by Crippen LogP contribution is -2.32. The number of hydrogen-bond acceptors (Lipinski definition) is 6. The van der Waals surface area contributed by atoms with Crippen LogP contribution in [0.4, 0.5) is 17.8 Å². The second-order valence-electron chi connectivity index (χ2n) is 5.76. The number of hydrogen-bond donors (Lipinski definition) is 2. The van der Waals surface area contributed by atoms with Crippen molar-refractivity contribution < 1.29 is 0 Å². The first-order valence-electron chi connectivity index (χ1n) is 7.55. The summed E-state index contributed by atoms with van der Waals surface area (Å²) < 4.78 is 0. The Bertz CT molecular complexity index is 428. The van der Waals surface area contributed by atoms with E-state index in [1.54, 1.807) is 0 Å². The molecule has 0 bridgehead atoms. The summed E-state index contributed by atoms with van der Waals surface area (Å²) in [6.07, 6.45) is 3.73. The third-order valence-electron chi connectivity index (χ3n) is 3.84. The van der Waals surface area contributed by atoms with Gasteiger partial charge in [0, 0.05) is 26.2 Å². The summed E-state index contributed by atoms with van der Waals surface area (Å²) >= 11 is 0. The predicted octanol–water partition coefficient (Wildman–Crippen LogP) is 2.36. The predicted molar refractivity (Wildman–Crippen MR) is 83.4 cm³/mol. The molecule has 20 heavy (non-hydrogen) atoms. The van der Waals surface area contributed by atoms with Crippen molar-refractivity contribution in [3.05, 3.63) is 0 Å². The third-order valence-corrected chi connectivity index (χ3v) is 3.84. The Labute approximate surface area is 121 Å². The maximum atomic E-state index is 4.58. The molecule has 0 aromatic carbocycles. The first-order chi connectivity index (χ1) is 9.60. The average molecular weight is 278 g/mol. The molecule has 1 aliphatic heterocycles. The normalized spacial score (nSPS) is 17.1. The number of aromatic nitrogens is 3. The molecule has 0 radical (unpaired) electrons. The van der Waals surface area contributed by atoms with E-state index >= 15 is 0 Å². The van der Waals surface area contributed by atoms with Crippen LogP contribution >= 0.6 is 0 Å². The summed E-state index contributed by atoms with van der Waals surface area (Å²) in [5, 5.41) is 6.39. The fourth-order valence-electron chi connectivity index (χ4n) is 2.15. The van der Waals surface area contributed by atoms with Gasteiger partial charge in [-0.25, -0.2) is 0 Å². The van der Waals surface area contributed by atoms with E-state index < -0.39 is 0 Å². The van der Waals surface area contributed by atoms with Crippen molar-refractivity contribution in [1.29, 1.82) is 0 Å². The van der Waals surface area contributed by atoms with Crippen LogP contribution in [0.5, 0.6) is 0 Å². The van der Waals surface area contributed by atoms with Crippen LogP contribution in [0.3, 0.4) is 0 Å². The SMILES string of the molecule is CNc1nc(NC(C)C(C)C)nc(N2CCCCC2)n1. The van der Waals surface area contributed by atoms with Gasteiger partial charge in [-0.05, 0) is 32.1 Å². The van der Waals surface area contributed by atoms with Gasteiger partial charge in [0.05, 0.1) is 0 Å². The second kappa shape index (κ2) is 6.72. The lowest BCUT2D eigenvalue weighted by molar-refractivity contribution is 0.553. The number of piperidine rings is 1. The van der Waals surface area contributed by atoms with Gasteiger partial charge in [-0.3, -0.25) is 0 Å². The molecule has 1 aromatic heterocycles. The van der Waals surface area contributed by atoms with E-state index in [1.165, 1.54) is 19.3 Å². The minimum atomic E-state index is 0.330. The zero-order valence-corrected chi connectivity index (χ0v) is 13.0. The molecular formula is C14H26N6. The Morgan fingerprint density at radius 3 is 2.20 bits per heavy atom. The Kier molecular flexibility index (Phi) is 4.98. The smallest absolute Gasteiger partial charge is 0.231 e. The Balaban J connectivity index is 2.19. The molecule has 0 aliphatic carbocycles. The average Bonchev–Trinajstić information content (AvgIpc) is 2.47. The van der Waals surface area contributed by atoms with Gasteiger partial charge in [0.2, 0.25) is 17.8 Å². The minimum absolute atomic E-state index is 0.330. The van der Waals surface area contributed by atoms with Gasteiger partial charge in [-0.1, -0.05) is 13.8 Å². The summed E-state index contributed by atoms with van der Waals surface area (Å²) in [6.45, 7) is 8.58. The summed E-state index contributed by atoms with van der Waals surface area (Å²) in [7, 11) is 1.84. The van der Waals surface area contributed by atoms with Crippen molar-refractivity contribution in [1.82, 2.24) is 15.0 Å². The first kappa shape index (κ1) is 14.8. The highest BCUT2D eigenvalue weighted by Crippen LogP contribution is 2.19. The Morgan fingerprint density at radius 2 is 1.60 bits per heavy atom. The lowest BCUT2D eigenvalue weighted by Gasteiger charge is -2.27. The van der Waals surface area contributed by atoms with Crippen LogP contribution < -0.4 is 15.5 Å². The van der Waals surface area contributed by atoms with E-state index in [0.717, 1.165) is 19.0 Å².